The second-order valence-electron chi connectivity index (χ2n) is 9.35. The van der Waals surface area contributed by atoms with E-state index in [0.717, 1.165) is 43.0 Å². The van der Waals surface area contributed by atoms with Crippen LogP contribution in [0.4, 0.5) is 5.69 Å². The molecule has 2 fully saturated rings. The molecule has 0 unspecified atom stereocenters. The molecule has 1 N–H and O–H groups in total. The maximum absolute atomic E-state index is 12.3. The summed E-state index contributed by atoms with van der Waals surface area (Å²) >= 11 is 0. The molecule has 4 nitrogen and oxygen atoms in total. The van der Waals surface area contributed by atoms with Gasteiger partial charge in [-0.05, 0) is 43.0 Å². The minimum absolute atomic E-state index is 0.244. The Morgan fingerprint density at radius 3 is 2.25 bits per heavy atom. The summed E-state index contributed by atoms with van der Waals surface area (Å²) in [7, 11) is 2.11. The van der Waals surface area contributed by atoms with Crippen molar-refractivity contribution in [1.82, 2.24) is 9.88 Å². The van der Waals surface area contributed by atoms with Gasteiger partial charge < -0.3 is 14.9 Å². The van der Waals surface area contributed by atoms with Crippen LogP contribution in [0.25, 0.3) is 0 Å². The van der Waals surface area contributed by atoms with Gasteiger partial charge in [-0.25, -0.2) is 0 Å². The normalized spacial score (nSPS) is 21.6. The molecule has 0 aliphatic carbocycles. The van der Waals surface area contributed by atoms with Crippen molar-refractivity contribution in [2.24, 2.45) is 5.41 Å². The molecule has 1 aromatic heterocycles. The molecule has 0 spiro atoms. The topological polar surface area (TPSA) is 39.6 Å². The van der Waals surface area contributed by atoms with Gasteiger partial charge in [0.2, 0.25) is 0 Å². The fourth-order valence-corrected chi connectivity index (χ4v) is 5.12. The van der Waals surface area contributed by atoms with Gasteiger partial charge in [0.05, 0.1) is 11.9 Å². The van der Waals surface area contributed by atoms with Gasteiger partial charge in [-0.1, -0.05) is 45.0 Å². The summed E-state index contributed by atoms with van der Waals surface area (Å²) in [5.41, 5.74) is 3.00. The molecule has 2 aliphatic rings. The van der Waals surface area contributed by atoms with Crippen molar-refractivity contribution in [2.75, 3.05) is 38.1 Å². The second-order valence-corrected chi connectivity index (χ2v) is 9.35. The highest BCUT2D eigenvalue weighted by Gasteiger charge is 2.55. The summed E-state index contributed by atoms with van der Waals surface area (Å²) in [6.07, 6.45) is 6.26. The Balaban J connectivity index is 1.79. The first-order chi connectivity index (χ1) is 13.3. The van der Waals surface area contributed by atoms with E-state index in [4.69, 9.17) is 0 Å². The number of aliphatic hydroxyl groups is 1. The van der Waals surface area contributed by atoms with E-state index in [1.54, 1.807) is 0 Å². The lowest BCUT2D eigenvalue weighted by Crippen LogP contribution is -2.63. The van der Waals surface area contributed by atoms with Crippen LogP contribution in [0.3, 0.4) is 0 Å². The number of nitrogens with zero attached hydrogens (tertiary/aromatic N) is 3. The number of hydrogen-bond acceptors (Lipinski definition) is 4. The van der Waals surface area contributed by atoms with Crippen molar-refractivity contribution >= 4 is 5.69 Å². The Hall–Kier alpha value is -1.91. The highest BCUT2D eigenvalue weighted by Crippen LogP contribution is 2.50. The molecule has 2 aromatic rings. The van der Waals surface area contributed by atoms with Gasteiger partial charge >= 0.3 is 0 Å². The van der Waals surface area contributed by atoms with E-state index < -0.39 is 5.60 Å². The van der Waals surface area contributed by atoms with Crippen molar-refractivity contribution < 1.29 is 5.11 Å². The van der Waals surface area contributed by atoms with E-state index in [0.29, 0.717) is 5.92 Å². The summed E-state index contributed by atoms with van der Waals surface area (Å²) in [6, 6.07) is 10.7. The molecular formula is C24H33N3O. The molecule has 0 bridgehead atoms. The summed E-state index contributed by atoms with van der Waals surface area (Å²) in [5.74, 6) is 0.479. The van der Waals surface area contributed by atoms with Crippen LogP contribution in [-0.4, -0.2) is 48.2 Å². The van der Waals surface area contributed by atoms with E-state index >= 15 is 0 Å². The lowest BCUT2D eigenvalue weighted by molar-refractivity contribution is -0.127. The molecule has 3 heterocycles. The maximum Gasteiger partial charge on any atom is 0.124 e. The zero-order valence-corrected chi connectivity index (χ0v) is 17.7. The van der Waals surface area contributed by atoms with Crippen molar-refractivity contribution in [1.29, 1.82) is 0 Å². The predicted octanol–water partition coefficient (Wildman–Crippen LogP) is 3.99. The smallest absolute Gasteiger partial charge is 0.124 e. The van der Waals surface area contributed by atoms with E-state index in [2.05, 4.69) is 72.9 Å². The second kappa shape index (κ2) is 7.16. The van der Waals surface area contributed by atoms with Crippen molar-refractivity contribution in [3.63, 3.8) is 0 Å². The molecule has 2 saturated heterocycles. The largest absolute Gasteiger partial charge is 0.380 e. The molecular weight excluding hydrogens is 346 g/mol. The third-order valence-corrected chi connectivity index (χ3v) is 6.72. The van der Waals surface area contributed by atoms with Gasteiger partial charge in [0.25, 0.3) is 0 Å². The summed E-state index contributed by atoms with van der Waals surface area (Å²) in [6.45, 7) is 10.5. The van der Waals surface area contributed by atoms with Crippen LogP contribution in [0.5, 0.6) is 0 Å². The molecule has 4 rings (SSSR count). The third kappa shape index (κ3) is 3.13. The standard InChI is InChI=1S/C24H33N3O/c1-18(2)19-7-9-20(10-8-19)24(28,23(3)16-26(4)17-23)21-13-22(15-25-14-21)27-11-5-6-12-27/h7-10,13-15,18,28H,5-6,11-12,16-17H2,1-4H3/t24-/m0/s1. The highest BCUT2D eigenvalue weighted by molar-refractivity contribution is 5.51. The minimum atomic E-state index is -1.06. The van der Waals surface area contributed by atoms with Crippen LogP contribution in [0.1, 0.15) is 56.2 Å². The predicted molar refractivity (Wildman–Crippen MR) is 115 cm³/mol. The Morgan fingerprint density at radius 2 is 1.68 bits per heavy atom. The molecule has 1 atom stereocenters. The van der Waals surface area contributed by atoms with E-state index in [9.17, 15) is 5.11 Å². The molecule has 0 radical (unpaired) electrons. The van der Waals surface area contributed by atoms with Gasteiger partial charge in [-0.15, -0.1) is 0 Å². The number of aromatic nitrogens is 1. The quantitative estimate of drug-likeness (QED) is 0.853. The van der Waals surface area contributed by atoms with E-state index in [1.807, 2.05) is 12.4 Å². The Bertz CT molecular complexity index is 820. The van der Waals surface area contributed by atoms with Crippen molar-refractivity contribution in [2.45, 2.75) is 45.1 Å². The fraction of sp³-hybridized carbons (Fsp3) is 0.542. The minimum Gasteiger partial charge on any atom is -0.380 e. The Labute approximate surface area is 169 Å². The Morgan fingerprint density at radius 1 is 1.04 bits per heavy atom. The summed E-state index contributed by atoms with van der Waals surface area (Å²) in [4.78, 5) is 9.19. The lowest BCUT2D eigenvalue weighted by atomic mass is 9.62. The van der Waals surface area contributed by atoms with E-state index in [1.165, 1.54) is 18.4 Å². The number of anilines is 1. The van der Waals surface area contributed by atoms with Crippen LogP contribution in [0.2, 0.25) is 0 Å². The monoisotopic (exact) mass is 379 g/mol. The molecule has 28 heavy (non-hydrogen) atoms. The average molecular weight is 380 g/mol. The Kier molecular flexibility index (Phi) is 4.96. The lowest BCUT2D eigenvalue weighted by Gasteiger charge is -2.56. The van der Waals surface area contributed by atoms with Gasteiger partial charge in [-0.3, -0.25) is 4.98 Å². The average Bonchev–Trinajstić information content (AvgIpc) is 3.21. The molecule has 0 amide bonds. The van der Waals surface area contributed by atoms with Gasteiger partial charge in [0.15, 0.2) is 0 Å². The number of pyridine rings is 1. The first-order valence-electron chi connectivity index (χ1n) is 10.6. The molecule has 2 aliphatic heterocycles. The van der Waals surface area contributed by atoms with Crippen molar-refractivity contribution in [3.8, 4) is 0 Å². The third-order valence-electron chi connectivity index (χ3n) is 6.72. The maximum atomic E-state index is 12.3. The molecule has 1 aromatic carbocycles. The SMILES string of the molecule is CC(C)c1ccc([C@](O)(c2cncc(N3CCCC3)c2)C2(C)CN(C)C2)cc1. The first-order valence-corrected chi connectivity index (χ1v) is 10.6. The van der Waals surface area contributed by atoms with Crippen molar-refractivity contribution in [3.05, 3.63) is 59.4 Å². The van der Waals surface area contributed by atoms with Crippen LogP contribution >= 0.6 is 0 Å². The fourth-order valence-electron chi connectivity index (χ4n) is 5.12. The number of benzene rings is 1. The number of rotatable bonds is 5. The number of likely N-dealkylation sites (tertiary alicyclic amines) is 1. The van der Waals surface area contributed by atoms with Gasteiger partial charge in [-0.2, -0.15) is 0 Å². The molecule has 150 valence electrons. The van der Waals surface area contributed by atoms with E-state index in [-0.39, 0.29) is 5.41 Å². The van der Waals surface area contributed by atoms with Crippen LogP contribution in [0.15, 0.2) is 42.7 Å². The number of hydrogen-bond donors (Lipinski definition) is 1. The van der Waals surface area contributed by atoms with Gasteiger partial charge in [0.1, 0.15) is 5.60 Å². The summed E-state index contributed by atoms with van der Waals surface area (Å²) in [5, 5.41) is 12.3. The van der Waals surface area contributed by atoms with Crippen LogP contribution in [-0.2, 0) is 5.60 Å². The molecule has 0 saturated carbocycles. The zero-order chi connectivity index (χ0) is 19.9. The summed E-state index contributed by atoms with van der Waals surface area (Å²) < 4.78 is 0. The first kappa shape index (κ1) is 19.4. The van der Waals surface area contributed by atoms with Gasteiger partial charge in [0, 0.05) is 43.4 Å². The van der Waals surface area contributed by atoms with Crippen LogP contribution in [0, 0.1) is 5.41 Å². The zero-order valence-electron chi connectivity index (χ0n) is 17.7. The highest BCUT2D eigenvalue weighted by atomic mass is 16.3. The molecule has 4 heteroatoms. The van der Waals surface area contributed by atoms with Crippen LogP contribution < -0.4 is 4.90 Å².